The fourth-order valence-corrected chi connectivity index (χ4v) is 4.20. The summed E-state index contributed by atoms with van der Waals surface area (Å²) in [5.41, 5.74) is 3.19. The highest BCUT2D eigenvalue weighted by atomic mass is 19.1. The second-order valence-corrected chi connectivity index (χ2v) is 7.20. The van der Waals surface area contributed by atoms with E-state index in [-0.39, 0.29) is 5.82 Å². The summed E-state index contributed by atoms with van der Waals surface area (Å²) < 4.78 is 14.1. The van der Waals surface area contributed by atoms with E-state index >= 15 is 0 Å². The maximum Gasteiger partial charge on any atom is 0.132 e. The molecular formula is C20H24FN3. The molecule has 3 fully saturated rings. The number of aryl methyl sites for hydroxylation is 1. The van der Waals surface area contributed by atoms with Crippen molar-refractivity contribution >= 4 is 5.69 Å². The molecule has 2 bridgehead atoms. The van der Waals surface area contributed by atoms with Crippen LogP contribution in [-0.2, 0) is 0 Å². The molecular weight excluding hydrogens is 301 g/mol. The van der Waals surface area contributed by atoms with Gasteiger partial charge in [0, 0.05) is 17.6 Å². The van der Waals surface area contributed by atoms with Gasteiger partial charge in [-0.3, -0.25) is 9.88 Å². The molecule has 2 atom stereocenters. The second-order valence-electron chi connectivity index (χ2n) is 7.20. The zero-order valence-corrected chi connectivity index (χ0v) is 14.3. The number of benzene rings is 1. The Balaban J connectivity index is 1.52. The molecule has 0 spiro atoms. The third-order valence-electron chi connectivity index (χ3n) is 5.68. The SMILES string of the molecule is Cc1ccc(-c2ccc(N[C@H]3C4CCN(CC4)[C@@H]3C)cn2)c(F)c1. The summed E-state index contributed by atoms with van der Waals surface area (Å²) in [5.74, 6) is 0.536. The molecule has 5 rings (SSSR count). The van der Waals surface area contributed by atoms with Gasteiger partial charge in [-0.1, -0.05) is 6.07 Å². The van der Waals surface area contributed by atoms with Crippen molar-refractivity contribution in [3.8, 4) is 11.3 Å². The first-order valence-electron chi connectivity index (χ1n) is 8.85. The van der Waals surface area contributed by atoms with Crippen LogP contribution in [0.5, 0.6) is 0 Å². The van der Waals surface area contributed by atoms with Gasteiger partial charge in [0.05, 0.1) is 17.6 Å². The molecule has 1 aromatic carbocycles. The number of rotatable bonds is 3. The van der Waals surface area contributed by atoms with Crippen LogP contribution < -0.4 is 5.32 Å². The normalized spacial score (nSPS) is 28.8. The van der Waals surface area contributed by atoms with Crippen LogP contribution in [0.25, 0.3) is 11.3 Å². The average Bonchev–Trinajstić information content (AvgIpc) is 2.59. The molecule has 0 unspecified atom stereocenters. The molecule has 3 aliphatic heterocycles. The van der Waals surface area contributed by atoms with Gasteiger partial charge in [-0.25, -0.2) is 4.39 Å². The van der Waals surface area contributed by atoms with Gasteiger partial charge in [0.25, 0.3) is 0 Å². The standard InChI is InChI=1S/C20H24FN3/c1-13-3-5-17(18(21)11-13)19-6-4-16(12-22-19)23-20-14(2)24-9-7-15(20)8-10-24/h3-6,11-12,14-15,20,23H,7-10H2,1-2H3/t14-,20-/m1/s1. The van der Waals surface area contributed by atoms with E-state index in [4.69, 9.17) is 0 Å². The van der Waals surface area contributed by atoms with Gasteiger partial charge in [0.2, 0.25) is 0 Å². The minimum absolute atomic E-state index is 0.214. The number of hydrogen-bond donors (Lipinski definition) is 1. The van der Waals surface area contributed by atoms with Gasteiger partial charge >= 0.3 is 0 Å². The second kappa shape index (κ2) is 6.17. The highest BCUT2D eigenvalue weighted by molar-refractivity contribution is 5.62. The largest absolute Gasteiger partial charge is 0.379 e. The lowest BCUT2D eigenvalue weighted by Crippen LogP contribution is -2.59. The molecule has 0 amide bonds. The van der Waals surface area contributed by atoms with Crippen LogP contribution in [0.3, 0.4) is 0 Å². The highest BCUT2D eigenvalue weighted by Gasteiger charge is 2.39. The molecule has 4 heterocycles. The average molecular weight is 325 g/mol. The van der Waals surface area contributed by atoms with Gasteiger partial charge in [-0.05, 0) is 75.5 Å². The number of anilines is 1. The third-order valence-corrected chi connectivity index (χ3v) is 5.68. The topological polar surface area (TPSA) is 28.2 Å². The monoisotopic (exact) mass is 325 g/mol. The van der Waals surface area contributed by atoms with Crippen LogP contribution >= 0.6 is 0 Å². The van der Waals surface area contributed by atoms with Crippen molar-refractivity contribution < 1.29 is 4.39 Å². The number of aromatic nitrogens is 1. The van der Waals surface area contributed by atoms with Crippen LogP contribution in [0.4, 0.5) is 10.1 Å². The first-order valence-corrected chi connectivity index (χ1v) is 8.85. The quantitative estimate of drug-likeness (QED) is 0.921. The number of fused-ring (bicyclic) bond motifs is 3. The number of pyridine rings is 1. The fraction of sp³-hybridized carbons (Fsp3) is 0.450. The van der Waals surface area contributed by atoms with Crippen LogP contribution in [0, 0.1) is 18.7 Å². The Bertz CT molecular complexity index is 718. The van der Waals surface area contributed by atoms with Gasteiger partial charge in [0.1, 0.15) is 5.82 Å². The molecule has 3 saturated heterocycles. The minimum atomic E-state index is -0.214. The molecule has 1 N–H and O–H groups in total. The summed E-state index contributed by atoms with van der Waals surface area (Å²) in [4.78, 5) is 7.05. The van der Waals surface area contributed by atoms with Crippen molar-refractivity contribution in [3.05, 3.63) is 47.9 Å². The maximum atomic E-state index is 14.1. The van der Waals surface area contributed by atoms with E-state index in [2.05, 4.69) is 22.1 Å². The van der Waals surface area contributed by atoms with E-state index in [0.717, 1.165) is 17.2 Å². The molecule has 24 heavy (non-hydrogen) atoms. The van der Waals surface area contributed by atoms with Crippen molar-refractivity contribution in [1.29, 1.82) is 0 Å². The lowest BCUT2D eigenvalue weighted by molar-refractivity contribution is 0.0458. The van der Waals surface area contributed by atoms with Crippen LogP contribution in [0.15, 0.2) is 36.5 Å². The molecule has 3 nitrogen and oxygen atoms in total. The highest BCUT2D eigenvalue weighted by Crippen LogP contribution is 2.34. The van der Waals surface area contributed by atoms with Crippen molar-refractivity contribution in [3.63, 3.8) is 0 Å². The van der Waals surface area contributed by atoms with E-state index in [1.54, 1.807) is 12.1 Å². The zero-order chi connectivity index (χ0) is 16.7. The Labute approximate surface area is 142 Å². The number of nitrogens with one attached hydrogen (secondary N) is 1. The minimum Gasteiger partial charge on any atom is -0.379 e. The molecule has 3 aliphatic rings. The summed E-state index contributed by atoms with van der Waals surface area (Å²) >= 11 is 0. The van der Waals surface area contributed by atoms with Gasteiger partial charge < -0.3 is 5.32 Å². The lowest BCUT2D eigenvalue weighted by Gasteiger charge is -2.50. The fourth-order valence-electron chi connectivity index (χ4n) is 4.20. The van der Waals surface area contributed by atoms with Crippen molar-refractivity contribution in [2.45, 2.75) is 38.8 Å². The van der Waals surface area contributed by atoms with E-state index in [1.807, 2.05) is 31.3 Å². The molecule has 0 radical (unpaired) electrons. The molecule has 4 heteroatoms. The summed E-state index contributed by atoms with van der Waals surface area (Å²) in [6.07, 6.45) is 4.39. The summed E-state index contributed by atoms with van der Waals surface area (Å²) in [6, 6.07) is 10.2. The van der Waals surface area contributed by atoms with Crippen LogP contribution in [-0.4, -0.2) is 35.1 Å². The van der Waals surface area contributed by atoms with Crippen molar-refractivity contribution in [2.24, 2.45) is 5.92 Å². The Morgan fingerprint density at radius 3 is 2.58 bits per heavy atom. The summed E-state index contributed by atoms with van der Waals surface area (Å²) in [6.45, 7) is 6.66. The Morgan fingerprint density at radius 1 is 1.17 bits per heavy atom. The molecule has 2 aromatic rings. The predicted molar refractivity (Wildman–Crippen MR) is 95.5 cm³/mol. The van der Waals surface area contributed by atoms with Gasteiger partial charge in [-0.2, -0.15) is 0 Å². The van der Waals surface area contributed by atoms with E-state index in [1.165, 1.54) is 25.9 Å². The molecule has 1 aromatic heterocycles. The van der Waals surface area contributed by atoms with Crippen LogP contribution in [0.2, 0.25) is 0 Å². The Kier molecular flexibility index (Phi) is 4.01. The molecule has 0 saturated carbocycles. The molecule has 0 aliphatic carbocycles. The van der Waals surface area contributed by atoms with Crippen LogP contribution in [0.1, 0.15) is 25.3 Å². The zero-order valence-electron chi connectivity index (χ0n) is 14.3. The van der Waals surface area contributed by atoms with E-state index in [9.17, 15) is 4.39 Å². The smallest absolute Gasteiger partial charge is 0.132 e. The lowest BCUT2D eigenvalue weighted by atomic mass is 9.79. The van der Waals surface area contributed by atoms with Gasteiger partial charge in [-0.15, -0.1) is 0 Å². The predicted octanol–water partition coefficient (Wildman–Crippen LogP) is 4.09. The Morgan fingerprint density at radius 2 is 1.96 bits per heavy atom. The van der Waals surface area contributed by atoms with Gasteiger partial charge in [0.15, 0.2) is 0 Å². The Hall–Kier alpha value is -1.94. The number of hydrogen-bond acceptors (Lipinski definition) is 3. The van der Waals surface area contributed by atoms with E-state index < -0.39 is 0 Å². The maximum absolute atomic E-state index is 14.1. The third kappa shape index (κ3) is 2.80. The first-order chi connectivity index (χ1) is 11.6. The van der Waals surface area contributed by atoms with E-state index in [0.29, 0.717) is 23.3 Å². The summed E-state index contributed by atoms with van der Waals surface area (Å²) in [5, 5.41) is 3.67. The van der Waals surface area contributed by atoms with Crippen molar-refractivity contribution in [2.75, 3.05) is 18.4 Å². The number of nitrogens with zero attached hydrogens (tertiary/aromatic N) is 2. The number of piperidine rings is 3. The van der Waals surface area contributed by atoms with Crippen molar-refractivity contribution in [1.82, 2.24) is 9.88 Å². The first kappa shape index (κ1) is 15.6. The number of halogens is 1. The molecule has 126 valence electrons. The summed E-state index contributed by atoms with van der Waals surface area (Å²) in [7, 11) is 0.